The highest BCUT2D eigenvalue weighted by molar-refractivity contribution is 7.92. The lowest BCUT2D eigenvalue weighted by Crippen LogP contribution is -2.31. The third kappa shape index (κ3) is 11.0. The summed E-state index contributed by atoms with van der Waals surface area (Å²) >= 11 is 0. The number of rotatable bonds is 13. The molecule has 1 unspecified atom stereocenters. The fourth-order valence-corrected chi connectivity index (χ4v) is 3.62. The van der Waals surface area contributed by atoms with E-state index in [4.69, 9.17) is 5.11 Å². The summed E-state index contributed by atoms with van der Waals surface area (Å²) in [6.45, 7) is 3.69. The second-order valence-electron chi connectivity index (χ2n) is 5.39. The van der Waals surface area contributed by atoms with E-state index in [9.17, 15) is 13.2 Å². The average Bonchev–Trinajstić information content (AvgIpc) is 2.51. The first kappa shape index (κ1) is 22.4. The Morgan fingerprint density at radius 3 is 1.75 bits per heavy atom. The summed E-state index contributed by atoms with van der Waals surface area (Å²) in [4.78, 5) is 10.9. The van der Waals surface area contributed by atoms with Gasteiger partial charge < -0.3 is 5.11 Å². The summed E-state index contributed by atoms with van der Waals surface area (Å²) in [6.07, 6.45) is 20.4. The van der Waals surface area contributed by atoms with Crippen LogP contribution in [0.2, 0.25) is 0 Å². The van der Waals surface area contributed by atoms with Crippen LogP contribution in [0.25, 0.3) is 0 Å². The van der Waals surface area contributed by atoms with Crippen molar-refractivity contribution in [1.29, 1.82) is 0 Å². The van der Waals surface area contributed by atoms with Gasteiger partial charge >= 0.3 is 5.97 Å². The molecule has 0 heterocycles. The third-order valence-corrected chi connectivity index (χ3v) is 5.57. The average molecular weight is 355 g/mol. The maximum absolute atomic E-state index is 11.9. The standard InChI is InChI=1S/C19H30O4S/c1-3-5-6-7-8-9-10-11-12-13-14-15-16-17-24(22,23)18(4-2)19(20)21/h5-6,8-9,11-12,14-15,18H,3-4,7,10,13,16-17H2,1-2H3,(H,20,21). The van der Waals surface area contributed by atoms with Crippen LogP contribution in [-0.4, -0.2) is 30.5 Å². The first-order valence-corrected chi connectivity index (χ1v) is 10.2. The molecule has 5 heteroatoms. The molecule has 0 aliphatic heterocycles. The van der Waals surface area contributed by atoms with E-state index >= 15 is 0 Å². The molecule has 0 saturated heterocycles. The molecule has 0 radical (unpaired) electrons. The number of hydrogen-bond acceptors (Lipinski definition) is 3. The minimum absolute atomic E-state index is 0.103. The summed E-state index contributed by atoms with van der Waals surface area (Å²) in [5.41, 5.74) is 0. The van der Waals surface area contributed by atoms with Gasteiger partial charge in [0.05, 0.1) is 5.75 Å². The van der Waals surface area contributed by atoms with Crippen molar-refractivity contribution in [2.75, 3.05) is 5.75 Å². The smallest absolute Gasteiger partial charge is 0.321 e. The zero-order chi connectivity index (χ0) is 18.3. The van der Waals surface area contributed by atoms with Gasteiger partial charge in [0.15, 0.2) is 15.1 Å². The van der Waals surface area contributed by atoms with Crippen LogP contribution in [0.3, 0.4) is 0 Å². The van der Waals surface area contributed by atoms with Crippen molar-refractivity contribution >= 4 is 15.8 Å². The molecule has 0 aliphatic carbocycles. The van der Waals surface area contributed by atoms with Crippen LogP contribution in [0.5, 0.6) is 0 Å². The molecule has 1 atom stereocenters. The maximum Gasteiger partial charge on any atom is 0.321 e. The van der Waals surface area contributed by atoms with Gasteiger partial charge in [0.1, 0.15) is 0 Å². The van der Waals surface area contributed by atoms with E-state index in [-0.39, 0.29) is 12.2 Å². The summed E-state index contributed by atoms with van der Waals surface area (Å²) < 4.78 is 23.7. The molecule has 4 nitrogen and oxygen atoms in total. The molecule has 0 spiro atoms. The summed E-state index contributed by atoms with van der Waals surface area (Å²) in [7, 11) is -3.57. The van der Waals surface area contributed by atoms with E-state index in [2.05, 4.69) is 37.3 Å². The summed E-state index contributed by atoms with van der Waals surface area (Å²) in [5, 5.41) is 7.61. The molecule has 24 heavy (non-hydrogen) atoms. The molecular weight excluding hydrogens is 324 g/mol. The molecule has 0 rings (SSSR count). The van der Waals surface area contributed by atoms with Crippen LogP contribution in [0, 0.1) is 0 Å². The molecule has 0 aromatic carbocycles. The van der Waals surface area contributed by atoms with Gasteiger partial charge in [0.2, 0.25) is 0 Å². The minimum atomic E-state index is -3.57. The summed E-state index contributed by atoms with van der Waals surface area (Å²) in [5.74, 6) is -1.38. The van der Waals surface area contributed by atoms with E-state index in [0.29, 0.717) is 6.42 Å². The fraction of sp³-hybridized carbons (Fsp3) is 0.526. The van der Waals surface area contributed by atoms with Gasteiger partial charge in [-0.1, -0.05) is 62.5 Å². The number of sulfone groups is 1. The largest absolute Gasteiger partial charge is 0.480 e. The molecule has 0 fully saturated rings. The van der Waals surface area contributed by atoms with Gasteiger partial charge in [-0.25, -0.2) is 8.42 Å². The lowest BCUT2D eigenvalue weighted by atomic mass is 10.2. The highest BCUT2D eigenvalue weighted by Gasteiger charge is 2.29. The van der Waals surface area contributed by atoms with Crippen molar-refractivity contribution in [3.63, 3.8) is 0 Å². The number of carbonyl (C=O) groups is 1. The number of hydrogen-bond donors (Lipinski definition) is 1. The van der Waals surface area contributed by atoms with Crippen LogP contribution >= 0.6 is 0 Å². The van der Waals surface area contributed by atoms with Gasteiger partial charge in [0, 0.05) is 0 Å². The van der Waals surface area contributed by atoms with Gasteiger partial charge in [-0.05, 0) is 38.5 Å². The molecule has 0 amide bonds. The van der Waals surface area contributed by atoms with Crippen molar-refractivity contribution in [3.8, 4) is 0 Å². The van der Waals surface area contributed by atoms with E-state index in [1.807, 2.05) is 12.2 Å². The van der Waals surface area contributed by atoms with Gasteiger partial charge in [-0.2, -0.15) is 0 Å². The first-order valence-electron chi connectivity index (χ1n) is 8.50. The van der Waals surface area contributed by atoms with E-state index in [1.165, 1.54) is 0 Å². The number of allylic oxidation sites excluding steroid dienone is 8. The second kappa shape index (κ2) is 13.8. The van der Waals surface area contributed by atoms with Crippen LogP contribution in [0.4, 0.5) is 0 Å². The molecule has 0 bridgehead atoms. The van der Waals surface area contributed by atoms with E-state index in [0.717, 1.165) is 25.7 Å². The molecular formula is C19H30O4S. The number of carboxylic acids is 1. The van der Waals surface area contributed by atoms with Crippen molar-refractivity contribution in [2.45, 2.75) is 57.6 Å². The van der Waals surface area contributed by atoms with Crippen molar-refractivity contribution in [2.24, 2.45) is 0 Å². The van der Waals surface area contributed by atoms with Crippen LogP contribution in [0.15, 0.2) is 48.6 Å². The van der Waals surface area contributed by atoms with Crippen molar-refractivity contribution in [1.82, 2.24) is 0 Å². The van der Waals surface area contributed by atoms with Crippen LogP contribution in [0.1, 0.15) is 52.4 Å². The van der Waals surface area contributed by atoms with Gasteiger partial charge in [-0.3, -0.25) is 4.79 Å². The molecule has 136 valence electrons. The lowest BCUT2D eigenvalue weighted by Gasteiger charge is -2.09. The highest BCUT2D eigenvalue weighted by Crippen LogP contribution is 2.09. The van der Waals surface area contributed by atoms with Crippen molar-refractivity contribution in [3.05, 3.63) is 48.6 Å². The highest BCUT2D eigenvalue weighted by atomic mass is 32.2. The molecule has 0 aliphatic rings. The molecule has 1 N–H and O–H groups in total. The molecule has 0 aromatic rings. The first-order chi connectivity index (χ1) is 11.5. The Hall–Kier alpha value is -1.62. The van der Waals surface area contributed by atoms with E-state index < -0.39 is 21.1 Å². The zero-order valence-corrected chi connectivity index (χ0v) is 15.5. The Morgan fingerprint density at radius 2 is 1.33 bits per heavy atom. The van der Waals surface area contributed by atoms with Crippen LogP contribution < -0.4 is 0 Å². The Kier molecular flexibility index (Phi) is 12.9. The minimum Gasteiger partial charge on any atom is -0.480 e. The molecule has 0 aromatic heterocycles. The second-order valence-corrected chi connectivity index (χ2v) is 7.69. The predicted octanol–water partition coefficient (Wildman–Crippen LogP) is 4.46. The monoisotopic (exact) mass is 354 g/mol. The quantitative estimate of drug-likeness (QED) is 0.496. The lowest BCUT2D eigenvalue weighted by molar-refractivity contribution is -0.136. The van der Waals surface area contributed by atoms with E-state index in [1.54, 1.807) is 13.0 Å². The van der Waals surface area contributed by atoms with Crippen molar-refractivity contribution < 1.29 is 18.3 Å². The Balaban J connectivity index is 3.96. The predicted molar refractivity (Wildman–Crippen MR) is 101 cm³/mol. The summed E-state index contributed by atoms with van der Waals surface area (Å²) in [6, 6.07) is 0. The number of aliphatic carboxylic acids is 1. The maximum atomic E-state index is 11.9. The van der Waals surface area contributed by atoms with Gasteiger partial charge in [0.25, 0.3) is 0 Å². The van der Waals surface area contributed by atoms with Gasteiger partial charge in [-0.15, -0.1) is 0 Å². The zero-order valence-electron chi connectivity index (χ0n) is 14.7. The topological polar surface area (TPSA) is 71.4 Å². The Labute approximate surface area is 146 Å². The SMILES string of the molecule is CCC=CCC=CCC=CCC=CCCS(=O)(=O)C(CC)C(=O)O. The Bertz CT molecular complexity index is 554. The Morgan fingerprint density at radius 1 is 0.875 bits per heavy atom. The third-order valence-electron chi connectivity index (χ3n) is 3.37. The van der Waals surface area contributed by atoms with Crippen LogP contribution in [-0.2, 0) is 14.6 Å². The normalized spacial score (nSPS) is 14.4. The fourth-order valence-electron chi connectivity index (χ4n) is 2.05. The number of carboxylic acid groups (broad SMARTS) is 1. The molecule has 0 saturated carbocycles.